The first kappa shape index (κ1) is 14.5. The SMILES string of the molecule is COc1cc(C(=O)Cl)ccc1OC(=O)C(C)(C)C. The lowest BCUT2D eigenvalue weighted by molar-refractivity contribution is -0.143. The minimum absolute atomic E-state index is 0.263. The van der Waals surface area contributed by atoms with Gasteiger partial charge >= 0.3 is 5.97 Å². The van der Waals surface area contributed by atoms with Gasteiger partial charge in [0, 0.05) is 5.56 Å². The molecule has 0 amide bonds. The molecule has 18 heavy (non-hydrogen) atoms. The molecule has 0 aliphatic carbocycles. The fourth-order valence-corrected chi connectivity index (χ4v) is 1.24. The molecule has 0 aliphatic heterocycles. The first-order valence-corrected chi connectivity index (χ1v) is 5.73. The van der Waals surface area contributed by atoms with Crippen LogP contribution >= 0.6 is 11.6 Å². The second-order valence-corrected chi connectivity index (χ2v) is 5.12. The van der Waals surface area contributed by atoms with Gasteiger partial charge in [-0.3, -0.25) is 9.59 Å². The van der Waals surface area contributed by atoms with Crippen molar-refractivity contribution < 1.29 is 19.1 Å². The minimum Gasteiger partial charge on any atom is -0.493 e. The molecule has 98 valence electrons. The van der Waals surface area contributed by atoms with Gasteiger partial charge in [0.15, 0.2) is 11.5 Å². The first-order valence-electron chi connectivity index (χ1n) is 5.36. The van der Waals surface area contributed by atoms with Gasteiger partial charge < -0.3 is 9.47 Å². The van der Waals surface area contributed by atoms with Crippen LogP contribution in [0.3, 0.4) is 0 Å². The molecule has 0 bridgehead atoms. The molecule has 0 aromatic heterocycles. The lowest BCUT2D eigenvalue weighted by Crippen LogP contribution is -2.25. The number of hydrogen-bond acceptors (Lipinski definition) is 4. The van der Waals surface area contributed by atoms with Gasteiger partial charge in [-0.05, 0) is 50.6 Å². The summed E-state index contributed by atoms with van der Waals surface area (Å²) in [6.45, 7) is 5.25. The van der Waals surface area contributed by atoms with Crippen LogP contribution in [0.4, 0.5) is 0 Å². The topological polar surface area (TPSA) is 52.6 Å². The lowest BCUT2D eigenvalue weighted by atomic mass is 9.97. The smallest absolute Gasteiger partial charge is 0.316 e. The molecule has 0 aliphatic rings. The molecule has 0 unspecified atom stereocenters. The standard InChI is InChI=1S/C13H15ClO4/c1-13(2,3)12(16)18-9-6-5-8(11(14)15)7-10(9)17-4/h5-7H,1-4H3. The van der Waals surface area contributed by atoms with Gasteiger partial charge in [-0.1, -0.05) is 0 Å². The molecule has 1 rings (SSSR count). The van der Waals surface area contributed by atoms with E-state index >= 15 is 0 Å². The summed E-state index contributed by atoms with van der Waals surface area (Å²) in [6.07, 6.45) is 0. The van der Waals surface area contributed by atoms with Gasteiger partial charge in [0.1, 0.15) is 0 Å². The van der Waals surface area contributed by atoms with E-state index < -0.39 is 10.7 Å². The maximum absolute atomic E-state index is 11.8. The fourth-order valence-electron chi connectivity index (χ4n) is 1.13. The van der Waals surface area contributed by atoms with Crippen molar-refractivity contribution in [2.45, 2.75) is 20.8 Å². The zero-order chi connectivity index (χ0) is 13.9. The second kappa shape index (κ2) is 5.40. The van der Waals surface area contributed by atoms with E-state index in [2.05, 4.69) is 0 Å². The van der Waals surface area contributed by atoms with Crippen LogP contribution in [0.15, 0.2) is 18.2 Å². The van der Waals surface area contributed by atoms with E-state index in [0.717, 1.165) is 0 Å². The summed E-state index contributed by atoms with van der Waals surface area (Å²) in [7, 11) is 1.42. The molecule has 5 heteroatoms. The molecule has 0 radical (unpaired) electrons. The quantitative estimate of drug-likeness (QED) is 0.481. The van der Waals surface area contributed by atoms with Crippen LogP contribution in [0.5, 0.6) is 11.5 Å². The molecule has 1 aromatic rings. The third-order valence-corrected chi connectivity index (χ3v) is 2.42. The Bertz CT molecular complexity index is 474. The van der Waals surface area contributed by atoms with Crippen molar-refractivity contribution in [3.63, 3.8) is 0 Å². The zero-order valence-corrected chi connectivity index (χ0v) is 11.5. The molecule has 1 aromatic carbocycles. The highest BCUT2D eigenvalue weighted by molar-refractivity contribution is 6.67. The maximum Gasteiger partial charge on any atom is 0.316 e. The van der Waals surface area contributed by atoms with Crippen LogP contribution in [-0.2, 0) is 4.79 Å². The Morgan fingerprint density at radius 3 is 2.22 bits per heavy atom. The Kier molecular flexibility index (Phi) is 4.35. The van der Waals surface area contributed by atoms with Crippen molar-refractivity contribution in [3.8, 4) is 11.5 Å². The third-order valence-electron chi connectivity index (χ3n) is 2.21. The highest BCUT2D eigenvalue weighted by Gasteiger charge is 2.25. The number of ether oxygens (including phenoxy) is 2. The van der Waals surface area contributed by atoms with Crippen molar-refractivity contribution in [2.75, 3.05) is 7.11 Å². The number of halogens is 1. The Labute approximate surface area is 111 Å². The van der Waals surface area contributed by atoms with Gasteiger partial charge in [0.25, 0.3) is 5.24 Å². The normalized spacial score (nSPS) is 10.9. The van der Waals surface area contributed by atoms with E-state index in [4.69, 9.17) is 21.1 Å². The van der Waals surface area contributed by atoms with Gasteiger partial charge in [-0.15, -0.1) is 0 Å². The summed E-state index contributed by atoms with van der Waals surface area (Å²) in [6, 6.07) is 4.39. The number of carbonyl (C=O) groups excluding carboxylic acids is 2. The largest absolute Gasteiger partial charge is 0.493 e. The maximum atomic E-state index is 11.8. The summed E-state index contributed by atoms with van der Waals surface area (Å²) in [5, 5.41) is -0.595. The van der Waals surface area contributed by atoms with E-state index in [1.807, 2.05) is 0 Å². The van der Waals surface area contributed by atoms with Crippen LogP contribution < -0.4 is 9.47 Å². The average Bonchev–Trinajstić information content (AvgIpc) is 2.27. The minimum atomic E-state index is -0.619. The Morgan fingerprint density at radius 2 is 1.78 bits per heavy atom. The molecule has 0 atom stereocenters. The van der Waals surface area contributed by atoms with Crippen molar-refractivity contribution in [1.82, 2.24) is 0 Å². The fraction of sp³-hybridized carbons (Fsp3) is 0.385. The molecule has 4 nitrogen and oxygen atoms in total. The highest BCUT2D eigenvalue weighted by Crippen LogP contribution is 2.30. The van der Waals surface area contributed by atoms with E-state index in [0.29, 0.717) is 5.75 Å². The summed E-state index contributed by atoms with van der Waals surface area (Å²) in [4.78, 5) is 22.8. The number of esters is 1. The Hall–Kier alpha value is -1.55. The summed E-state index contributed by atoms with van der Waals surface area (Å²) < 4.78 is 10.3. The van der Waals surface area contributed by atoms with Crippen LogP contribution in [0.1, 0.15) is 31.1 Å². The predicted octanol–water partition coefficient (Wildman–Crippen LogP) is 3.03. The van der Waals surface area contributed by atoms with E-state index in [-0.39, 0.29) is 17.3 Å². The monoisotopic (exact) mass is 270 g/mol. The zero-order valence-electron chi connectivity index (χ0n) is 10.7. The molecule has 0 spiro atoms. The second-order valence-electron chi connectivity index (χ2n) is 4.78. The van der Waals surface area contributed by atoms with Gasteiger partial charge in [0.05, 0.1) is 12.5 Å². The molecule has 0 saturated carbocycles. The van der Waals surface area contributed by atoms with E-state index in [1.54, 1.807) is 20.8 Å². The van der Waals surface area contributed by atoms with Crippen LogP contribution in [0.2, 0.25) is 0 Å². The van der Waals surface area contributed by atoms with Crippen LogP contribution in [0.25, 0.3) is 0 Å². The number of rotatable bonds is 3. The predicted molar refractivity (Wildman–Crippen MR) is 68.3 cm³/mol. The van der Waals surface area contributed by atoms with Crippen molar-refractivity contribution in [2.24, 2.45) is 5.41 Å². The molecule has 0 heterocycles. The summed E-state index contributed by atoms with van der Waals surface area (Å²) in [5.41, 5.74) is -0.338. The van der Waals surface area contributed by atoms with Crippen LogP contribution in [-0.4, -0.2) is 18.3 Å². The molecule has 0 N–H and O–H groups in total. The third kappa shape index (κ3) is 3.47. The molecule has 0 saturated heterocycles. The van der Waals surface area contributed by atoms with E-state index in [9.17, 15) is 9.59 Å². The Balaban J connectivity index is 3.04. The van der Waals surface area contributed by atoms with E-state index in [1.165, 1.54) is 25.3 Å². The van der Waals surface area contributed by atoms with Crippen molar-refractivity contribution in [1.29, 1.82) is 0 Å². The summed E-state index contributed by atoms with van der Waals surface area (Å²) in [5.74, 6) is 0.170. The lowest BCUT2D eigenvalue weighted by Gasteiger charge is -2.17. The van der Waals surface area contributed by atoms with Gasteiger partial charge in [0.2, 0.25) is 0 Å². The number of benzene rings is 1. The van der Waals surface area contributed by atoms with Gasteiger partial charge in [-0.25, -0.2) is 0 Å². The molecular formula is C13H15ClO4. The van der Waals surface area contributed by atoms with Crippen molar-refractivity contribution in [3.05, 3.63) is 23.8 Å². The Morgan fingerprint density at radius 1 is 1.17 bits per heavy atom. The number of methoxy groups -OCH3 is 1. The summed E-state index contributed by atoms with van der Waals surface area (Å²) >= 11 is 5.36. The average molecular weight is 271 g/mol. The number of hydrogen-bond donors (Lipinski definition) is 0. The molecule has 0 fully saturated rings. The van der Waals surface area contributed by atoms with Crippen LogP contribution in [0, 0.1) is 5.41 Å². The highest BCUT2D eigenvalue weighted by atomic mass is 35.5. The van der Waals surface area contributed by atoms with Crippen molar-refractivity contribution >= 4 is 22.8 Å². The molecular weight excluding hydrogens is 256 g/mol. The van der Waals surface area contributed by atoms with Gasteiger partial charge in [-0.2, -0.15) is 0 Å². The first-order chi connectivity index (χ1) is 8.25. The number of carbonyl (C=O) groups is 2.